The van der Waals surface area contributed by atoms with Crippen LogP contribution >= 0.6 is 11.6 Å². The molecule has 0 spiro atoms. The minimum Gasteiger partial charge on any atom is -0.493 e. The SMILES string of the molecule is C#CCOc1c(Cl)cc([C@@H]2C(C#N)=C(N)OC3=C2C(=O)CC(C)(C)C3)cc1OC. The summed E-state index contributed by atoms with van der Waals surface area (Å²) in [6, 6.07) is 5.39. The minimum atomic E-state index is -0.694. The van der Waals surface area contributed by atoms with Gasteiger partial charge in [-0.15, -0.1) is 6.42 Å². The van der Waals surface area contributed by atoms with Crippen LogP contribution in [0.1, 0.15) is 38.2 Å². The molecule has 0 bridgehead atoms. The van der Waals surface area contributed by atoms with E-state index in [1.807, 2.05) is 13.8 Å². The van der Waals surface area contributed by atoms with Crippen molar-refractivity contribution in [1.29, 1.82) is 5.26 Å². The Morgan fingerprint density at radius 1 is 1.41 bits per heavy atom. The van der Waals surface area contributed by atoms with Crippen molar-refractivity contribution >= 4 is 17.4 Å². The maximum atomic E-state index is 13.0. The van der Waals surface area contributed by atoms with Gasteiger partial charge in [0.15, 0.2) is 17.3 Å². The number of benzene rings is 1. The van der Waals surface area contributed by atoms with E-state index in [4.69, 9.17) is 38.0 Å². The van der Waals surface area contributed by atoms with Gasteiger partial charge in [0.05, 0.1) is 18.1 Å². The lowest BCUT2D eigenvalue weighted by atomic mass is 9.70. The number of carbonyl (C=O) groups is 1. The first-order valence-electron chi connectivity index (χ1n) is 9.00. The Balaban J connectivity index is 2.19. The van der Waals surface area contributed by atoms with Gasteiger partial charge in [0.1, 0.15) is 24.0 Å². The van der Waals surface area contributed by atoms with Crippen molar-refractivity contribution < 1.29 is 19.0 Å². The highest BCUT2D eigenvalue weighted by atomic mass is 35.5. The van der Waals surface area contributed by atoms with E-state index < -0.39 is 5.92 Å². The molecule has 6 nitrogen and oxygen atoms in total. The van der Waals surface area contributed by atoms with Crippen molar-refractivity contribution in [3.63, 3.8) is 0 Å². The molecular formula is C22H21ClN2O4. The average molecular weight is 413 g/mol. The van der Waals surface area contributed by atoms with Crippen LogP contribution in [0.25, 0.3) is 0 Å². The third kappa shape index (κ3) is 3.77. The number of Topliss-reactive ketones (excluding diaryl/α,β-unsaturated/α-hetero) is 1. The van der Waals surface area contributed by atoms with E-state index in [1.165, 1.54) is 7.11 Å². The summed E-state index contributed by atoms with van der Waals surface area (Å²) < 4.78 is 16.6. The summed E-state index contributed by atoms with van der Waals surface area (Å²) in [5, 5.41) is 9.98. The standard InChI is InChI=1S/C22H21ClN2O4/c1-5-6-28-20-14(23)7-12(8-16(20)27-4)18-13(11-24)21(25)29-17-10-22(2,3)9-15(26)19(17)18/h1,7-8,18H,6,9-10,25H2,2-4H3/t18-/m1/s1. The molecule has 1 aliphatic heterocycles. The molecule has 7 heteroatoms. The summed E-state index contributed by atoms with van der Waals surface area (Å²) in [5.74, 6) is 2.72. The van der Waals surface area contributed by atoms with Gasteiger partial charge in [0.25, 0.3) is 0 Å². The van der Waals surface area contributed by atoms with E-state index >= 15 is 0 Å². The van der Waals surface area contributed by atoms with E-state index in [-0.39, 0.29) is 34.3 Å². The highest BCUT2D eigenvalue weighted by molar-refractivity contribution is 6.32. The van der Waals surface area contributed by atoms with Crippen molar-refractivity contribution in [2.45, 2.75) is 32.6 Å². The molecule has 0 saturated carbocycles. The molecule has 1 aliphatic carbocycles. The Hall–Kier alpha value is -3.09. The van der Waals surface area contributed by atoms with Crippen LogP contribution in [0.5, 0.6) is 11.5 Å². The number of methoxy groups -OCH3 is 1. The van der Waals surface area contributed by atoms with Gasteiger partial charge < -0.3 is 19.9 Å². The largest absolute Gasteiger partial charge is 0.493 e. The Bertz CT molecular complexity index is 1020. The number of allylic oxidation sites excluding steroid dienone is 3. The lowest BCUT2D eigenvalue weighted by molar-refractivity contribution is -0.119. The second-order valence-electron chi connectivity index (χ2n) is 7.73. The molecule has 0 aromatic heterocycles. The molecule has 29 heavy (non-hydrogen) atoms. The molecule has 0 saturated heterocycles. The van der Waals surface area contributed by atoms with Crippen LogP contribution in [0.2, 0.25) is 5.02 Å². The van der Waals surface area contributed by atoms with Crippen LogP contribution in [0.4, 0.5) is 0 Å². The fourth-order valence-corrected chi connectivity index (χ4v) is 4.05. The Morgan fingerprint density at radius 3 is 2.76 bits per heavy atom. The van der Waals surface area contributed by atoms with Gasteiger partial charge in [-0.1, -0.05) is 31.4 Å². The van der Waals surface area contributed by atoms with Crippen molar-refractivity contribution in [3.05, 3.63) is 45.5 Å². The number of hydrogen-bond donors (Lipinski definition) is 1. The van der Waals surface area contributed by atoms with E-state index in [0.717, 1.165) is 0 Å². The third-order valence-electron chi connectivity index (χ3n) is 4.96. The monoisotopic (exact) mass is 412 g/mol. The molecule has 1 aromatic carbocycles. The second kappa shape index (κ2) is 7.73. The first kappa shape index (κ1) is 20.6. The van der Waals surface area contributed by atoms with Crippen LogP contribution < -0.4 is 15.2 Å². The predicted molar refractivity (Wildman–Crippen MR) is 108 cm³/mol. The first-order chi connectivity index (χ1) is 13.7. The van der Waals surface area contributed by atoms with E-state index in [2.05, 4.69) is 12.0 Å². The molecule has 3 rings (SSSR count). The quantitative estimate of drug-likeness (QED) is 0.755. The number of hydrogen-bond acceptors (Lipinski definition) is 6. The summed E-state index contributed by atoms with van der Waals surface area (Å²) in [6.45, 7) is 4.00. The highest BCUT2D eigenvalue weighted by Crippen LogP contribution is 2.49. The first-order valence-corrected chi connectivity index (χ1v) is 9.37. The van der Waals surface area contributed by atoms with Gasteiger partial charge in [0.2, 0.25) is 5.88 Å². The zero-order valence-electron chi connectivity index (χ0n) is 16.5. The molecule has 0 amide bonds. The van der Waals surface area contributed by atoms with Crippen molar-refractivity contribution in [3.8, 4) is 29.9 Å². The Labute approximate surface area is 174 Å². The summed E-state index contributed by atoms with van der Waals surface area (Å²) in [7, 11) is 1.47. The number of terminal acetylenes is 1. The number of rotatable bonds is 4. The summed E-state index contributed by atoms with van der Waals surface area (Å²) in [6.07, 6.45) is 6.14. The number of halogens is 1. The second-order valence-corrected chi connectivity index (χ2v) is 8.14. The van der Waals surface area contributed by atoms with Crippen LogP contribution in [0, 0.1) is 29.1 Å². The van der Waals surface area contributed by atoms with Crippen molar-refractivity contribution in [2.75, 3.05) is 13.7 Å². The molecule has 1 atom stereocenters. The Kier molecular flexibility index (Phi) is 5.50. The predicted octanol–water partition coefficient (Wildman–Crippen LogP) is 3.81. The number of ether oxygens (including phenoxy) is 3. The highest BCUT2D eigenvalue weighted by Gasteiger charge is 2.43. The van der Waals surface area contributed by atoms with Gasteiger partial charge in [0, 0.05) is 18.4 Å². The van der Waals surface area contributed by atoms with Gasteiger partial charge >= 0.3 is 0 Å². The molecule has 1 heterocycles. The molecule has 2 aliphatic rings. The fraction of sp³-hybridized carbons (Fsp3) is 0.364. The van der Waals surface area contributed by atoms with Crippen molar-refractivity contribution in [1.82, 2.24) is 0 Å². The number of carbonyl (C=O) groups excluding carboxylic acids is 1. The maximum Gasteiger partial charge on any atom is 0.205 e. The smallest absolute Gasteiger partial charge is 0.205 e. The number of nitriles is 1. The number of nitrogens with two attached hydrogens (primary N) is 1. The zero-order chi connectivity index (χ0) is 21.3. The lowest BCUT2D eigenvalue weighted by Gasteiger charge is -2.37. The summed E-state index contributed by atoms with van der Waals surface area (Å²) in [5.41, 5.74) is 6.97. The Morgan fingerprint density at radius 2 is 2.14 bits per heavy atom. The average Bonchev–Trinajstić information content (AvgIpc) is 2.64. The minimum absolute atomic E-state index is 0.00972. The van der Waals surface area contributed by atoms with E-state index in [1.54, 1.807) is 12.1 Å². The lowest BCUT2D eigenvalue weighted by Crippen LogP contribution is -2.33. The molecule has 150 valence electrons. The van der Waals surface area contributed by atoms with Gasteiger partial charge in [-0.2, -0.15) is 5.26 Å². The summed E-state index contributed by atoms with van der Waals surface area (Å²) >= 11 is 6.42. The van der Waals surface area contributed by atoms with Crippen LogP contribution in [0.3, 0.4) is 0 Å². The van der Waals surface area contributed by atoms with E-state index in [0.29, 0.717) is 41.2 Å². The topological polar surface area (TPSA) is 94.6 Å². The zero-order valence-corrected chi connectivity index (χ0v) is 17.2. The third-order valence-corrected chi connectivity index (χ3v) is 5.24. The maximum absolute atomic E-state index is 13.0. The molecule has 1 aromatic rings. The van der Waals surface area contributed by atoms with Crippen LogP contribution in [-0.4, -0.2) is 19.5 Å². The normalized spacial score (nSPS) is 20.3. The van der Waals surface area contributed by atoms with Gasteiger partial charge in [-0.3, -0.25) is 4.79 Å². The number of nitrogens with zero attached hydrogens (tertiary/aromatic N) is 1. The fourth-order valence-electron chi connectivity index (χ4n) is 3.78. The van der Waals surface area contributed by atoms with E-state index in [9.17, 15) is 10.1 Å². The molecule has 2 N–H and O–H groups in total. The summed E-state index contributed by atoms with van der Waals surface area (Å²) in [4.78, 5) is 13.0. The van der Waals surface area contributed by atoms with Crippen LogP contribution in [-0.2, 0) is 9.53 Å². The molecule has 0 unspecified atom stereocenters. The van der Waals surface area contributed by atoms with Gasteiger partial charge in [-0.25, -0.2) is 0 Å². The van der Waals surface area contributed by atoms with Crippen LogP contribution in [0.15, 0.2) is 34.9 Å². The van der Waals surface area contributed by atoms with Crippen molar-refractivity contribution in [2.24, 2.45) is 11.1 Å². The molecular weight excluding hydrogens is 392 g/mol. The molecule has 0 radical (unpaired) electrons. The van der Waals surface area contributed by atoms with Gasteiger partial charge in [-0.05, 0) is 23.1 Å². The molecule has 0 fully saturated rings. The number of ketones is 1.